The van der Waals surface area contributed by atoms with Crippen LogP contribution < -0.4 is 5.32 Å². The van der Waals surface area contributed by atoms with E-state index in [1.54, 1.807) is 18.7 Å². The summed E-state index contributed by atoms with van der Waals surface area (Å²) in [6.07, 6.45) is 3.22. The predicted octanol–water partition coefficient (Wildman–Crippen LogP) is 1.07. The standard InChI is InChI=1S/C11H16N2O2S/c1-3-4-5-7-13-10(14)9(6-8-16-2)12-11(13)15/h9H,5-8H2,1-2H3,(H,12,15). The summed E-state index contributed by atoms with van der Waals surface area (Å²) in [5.74, 6) is 6.35. The van der Waals surface area contributed by atoms with Gasteiger partial charge in [-0.2, -0.15) is 11.8 Å². The average Bonchev–Trinajstić information content (AvgIpc) is 2.54. The summed E-state index contributed by atoms with van der Waals surface area (Å²) in [6, 6.07) is -0.622. The fourth-order valence-corrected chi connectivity index (χ4v) is 1.98. The Kier molecular flexibility index (Phi) is 5.20. The monoisotopic (exact) mass is 240 g/mol. The first-order valence-corrected chi connectivity index (χ1v) is 6.60. The Labute approximate surface area is 100 Å². The lowest BCUT2D eigenvalue weighted by molar-refractivity contribution is -0.127. The van der Waals surface area contributed by atoms with Crippen LogP contribution in [-0.2, 0) is 4.79 Å². The molecule has 0 radical (unpaired) electrons. The van der Waals surface area contributed by atoms with E-state index in [-0.39, 0.29) is 18.0 Å². The maximum absolute atomic E-state index is 11.8. The third-order valence-electron chi connectivity index (χ3n) is 2.35. The van der Waals surface area contributed by atoms with Gasteiger partial charge in [-0.3, -0.25) is 9.69 Å². The topological polar surface area (TPSA) is 49.4 Å². The highest BCUT2D eigenvalue weighted by Crippen LogP contribution is 2.11. The van der Waals surface area contributed by atoms with Gasteiger partial charge >= 0.3 is 6.03 Å². The number of nitrogens with zero attached hydrogens (tertiary/aromatic N) is 1. The Bertz CT molecular complexity index is 333. The van der Waals surface area contributed by atoms with Crippen molar-refractivity contribution in [1.29, 1.82) is 0 Å². The largest absolute Gasteiger partial charge is 0.326 e. The Morgan fingerprint density at radius 1 is 1.50 bits per heavy atom. The van der Waals surface area contributed by atoms with E-state index in [1.165, 1.54) is 4.90 Å². The Balaban J connectivity index is 2.49. The van der Waals surface area contributed by atoms with Crippen LogP contribution in [0.1, 0.15) is 19.8 Å². The number of urea groups is 1. The van der Waals surface area contributed by atoms with Crippen molar-refractivity contribution < 1.29 is 9.59 Å². The van der Waals surface area contributed by atoms with Crippen LogP contribution in [0.15, 0.2) is 0 Å². The zero-order chi connectivity index (χ0) is 12.0. The highest BCUT2D eigenvalue weighted by Gasteiger charge is 2.36. The summed E-state index contributed by atoms with van der Waals surface area (Å²) >= 11 is 1.67. The fraction of sp³-hybridized carbons (Fsp3) is 0.636. The number of thioether (sulfide) groups is 1. The SMILES string of the molecule is CC#CCCN1C(=O)NC(CCSC)C1=O. The minimum Gasteiger partial charge on any atom is -0.326 e. The van der Waals surface area contributed by atoms with E-state index in [0.717, 1.165) is 5.75 Å². The molecule has 1 fully saturated rings. The first kappa shape index (κ1) is 12.9. The summed E-state index contributed by atoms with van der Waals surface area (Å²) < 4.78 is 0. The first-order chi connectivity index (χ1) is 7.70. The molecule has 0 aromatic rings. The smallest absolute Gasteiger partial charge is 0.324 e. The highest BCUT2D eigenvalue weighted by molar-refractivity contribution is 7.98. The lowest BCUT2D eigenvalue weighted by Crippen LogP contribution is -2.32. The van der Waals surface area contributed by atoms with Gasteiger partial charge < -0.3 is 5.32 Å². The van der Waals surface area contributed by atoms with Gasteiger partial charge in [-0.25, -0.2) is 4.79 Å². The molecule has 1 unspecified atom stereocenters. The minimum atomic E-state index is -0.338. The van der Waals surface area contributed by atoms with Crippen LogP contribution in [0.5, 0.6) is 0 Å². The third kappa shape index (κ3) is 3.17. The van der Waals surface area contributed by atoms with E-state index in [2.05, 4.69) is 17.2 Å². The number of hydrogen-bond acceptors (Lipinski definition) is 3. The maximum Gasteiger partial charge on any atom is 0.324 e. The lowest BCUT2D eigenvalue weighted by atomic mass is 10.2. The highest BCUT2D eigenvalue weighted by atomic mass is 32.2. The van der Waals surface area contributed by atoms with Crippen LogP contribution in [0.4, 0.5) is 4.79 Å². The molecule has 1 rings (SSSR count). The number of rotatable bonds is 5. The van der Waals surface area contributed by atoms with Gasteiger partial charge in [0, 0.05) is 13.0 Å². The van der Waals surface area contributed by atoms with Crippen LogP contribution in [0, 0.1) is 11.8 Å². The fourth-order valence-electron chi connectivity index (χ4n) is 1.51. The van der Waals surface area contributed by atoms with Gasteiger partial charge in [-0.1, -0.05) is 0 Å². The molecule has 4 nitrogen and oxygen atoms in total. The summed E-state index contributed by atoms with van der Waals surface area (Å²) in [6.45, 7) is 2.13. The van der Waals surface area contributed by atoms with E-state index in [0.29, 0.717) is 19.4 Å². The number of carbonyl (C=O) groups excluding carboxylic acids is 2. The quantitative estimate of drug-likeness (QED) is 0.578. The maximum atomic E-state index is 11.8. The van der Waals surface area contributed by atoms with Crippen LogP contribution in [0.3, 0.4) is 0 Å². The molecule has 1 aliphatic heterocycles. The molecule has 0 spiro atoms. The second kappa shape index (κ2) is 6.44. The zero-order valence-corrected chi connectivity index (χ0v) is 10.4. The molecule has 1 saturated heterocycles. The Morgan fingerprint density at radius 2 is 2.25 bits per heavy atom. The number of hydrogen-bond donors (Lipinski definition) is 1. The van der Waals surface area contributed by atoms with Gasteiger partial charge in [0.25, 0.3) is 5.91 Å². The van der Waals surface area contributed by atoms with Crippen molar-refractivity contribution in [1.82, 2.24) is 10.2 Å². The Hall–Kier alpha value is -1.15. The van der Waals surface area contributed by atoms with Crippen LogP contribution in [-0.4, -0.2) is 41.4 Å². The molecule has 88 valence electrons. The second-order valence-electron chi connectivity index (χ2n) is 3.45. The molecular weight excluding hydrogens is 224 g/mol. The van der Waals surface area contributed by atoms with Crippen molar-refractivity contribution in [3.05, 3.63) is 0 Å². The first-order valence-electron chi connectivity index (χ1n) is 5.21. The number of imide groups is 1. The molecule has 0 aromatic carbocycles. The summed E-state index contributed by atoms with van der Waals surface area (Å²) in [7, 11) is 0. The minimum absolute atomic E-state index is 0.114. The van der Waals surface area contributed by atoms with Gasteiger partial charge in [-0.15, -0.1) is 11.8 Å². The van der Waals surface area contributed by atoms with Crippen molar-refractivity contribution >= 4 is 23.7 Å². The molecule has 1 heterocycles. The average molecular weight is 240 g/mol. The van der Waals surface area contributed by atoms with Gasteiger partial charge in [0.05, 0.1) is 0 Å². The molecule has 0 bridgehead atoms. The van der Waals surface area contributed by atoms with Gasteiger partial charge in [0.2, 0.25) is 0 Å². The summed E-state index contributed by atoms with van der Waals surface area (Å²) in [5.41, 5.74) is 0. The molecule has 1 N–H and O–H groups in total. The van der Waals surface area contributed by atoms with Crippen LogP contribution >= 0.6 is 11.8 Å². The summed E-state index contributed by atoms with van der Waals surface area (Å²) in [4.78, 5) is 24.6. The molecule has 3 amide bonds. The van der Waals surface area contributed by atoms with E-state index in [9.17, 15) is 9.59 Å². The van der Waals surface area contributed by atoms with E-state index in [1.807, 2.05) is 6.26 Å². The molecule has 1 aliphatic rings. The van der Waals surface area contributed by atoms with E-state index >= 15 is 0 Å². The number of carbonyl (C=O) groups is 2. The predicted molar refractivity (Wildman–Crippen MR) is 65.1 cm³/mol. The molecular formula is C11H16N2O2S. The summed E-state index contributed by atoms with van der Waals surface area (Å²) in [5, 5.41) is 2.69. The Morgan fingerprint density at radius 3 is 2.88 bits per heavy atom. The number of amides is 3. The molecule has 1 atom stereocenters. The lowest BCUT2D eigenvalue weighted by Gasteiger charge is -2.10. The third-order valence-corrected chi connectivity index (χ3v) is 3.00. The zero-order valence-electron chi connectivity index (χ0n) is 9.58. The van der Waals surface area contributed by atoms with Crippen molar-refractivity contribution in [2.45, 2.75) is 25.8 Å². The van der Waals surface area contributed by atoms with Crippen LogP contribution in [0.2, 0.25) is 0 Å². The van der Waals surface area contributed by atoms with Crippen molar-refractivity contribution in [2.75, 3.05) is 18.6 Å². The second-order valence-corrected chi connectivity index (χ2v) is 4.44. The number of nitrogens with one attached hydrogen (secondary N) is 1. The molecule has 16 heavy (non-hydrogen) atoms. The molecule has 0 aliphatic carbocycles. The van der Waals surface area contributed by atoms with Crippen molar-refractivity contribution in [3.63, 3.8) is 0 Å². The molecule has 5 heteroatoms. The van der Waals surface area contributed by atoms with Crippen molar-refractivity contribution in [2.24, 2.45) is 0 Å². The van der Waals surface area contributed by atoms with Gasteiger partial charge in [0.15, 0.2) is 0 Å². The molecule has 0 aromatic heterocycles. The van der Waals surface area contributed by atoms with Crippen LogP contribution in [0.25, 0.3) is 0 Å². The molecule has 0 saturated carbocycles. The van der Waals surface area contributed by atoms with E-state index < -0.39 is 0 Å². The van der Waals surface area contributed by atoms with Gasteiger partial charge in [-0.05, 0) is 25.4 Å². The van der Waals surface area contributed by atoms with E-state index in [4.69, 9.17) is 0 Å². The van der Waals surface area contributed by atoms with Crippen molar-refractivity contribution in [3.8, 4) is 11.8 Å². The van der Waals surface area contributed by atoms with Gasteiger partial charge in [0.1, 0.15) is 6.04 Å². The normalized spacial score (nSPS) is 19.4.